The second-order valence-corrected chi connectivity index (χ2v) is 28.4. The van der Waals surface area contributed by atoms with Gasteiger partial charge in [0, 0.05) is 33.5 Å². The van der Waals surface area contributed by atoms with Gasteiger partial charge in [0.25, 0.3) is 0 Å². The van der Waals surface area contributed by atoms with Gasteiger partial charge < -0.3 is 18.9 Å². The second-order valence-electron chi connectivity index (χ2n) is 28.4. The molecule has 0 amide bonds. The van der Waals surface area contributed by atoms with Crippen LogP contribution >= 0.6 is 0 Å². The zero-order valence-electron chi connectivity index (χ0n) is 57.4. The third kappa shape index (κ3) is 8.09. The minimum Gasteiger partial charge on any atom is -0.310 e. The number of aromatic nitrogens is 2. The van der Waals surface area contributed by atoms with Gasteiger partial charge in [-0.1, -0.05) is 267 Å². The number of para-hydroxylation sites is 8. The van der Waals surface area contributed by atoms with Crippen LogP contribution in [0.1, 0.15) is 44.5 Å². The Bertz CT molecular complexity index is 6520. The molecule has 2 aliphatic heterocycles. The molecule has 0 bridgehead atoms. The Kier molecular flexibility index (Phi) is 12.8. The molecule has 6 nitrogen and oxygen atoms in total. The van der Waals surface area contributed by atoms with Gasteiger partial charge in [0.2, 0.25) is 0 Å². The number of hydrogen-bond donors (Lipinski definition) is 0. The summed E-state index contributed by atoms with van der Waals surface area (Å²) in [6.07, 6.45) is 0. The molecule has 0 fully saturated rings. The van der Waals surface area contributed by atoms with Crippen LogP contribution in [-0.4, -0.2) is 9.13 Å². The molecule has 0 atom stereocenters. The predicted octanol–water partition coefficient (Wildman–Crippen LogP) is 23.9. The molecule has 0 radical (unpaired) electrons. The second kappa shape index (κ2) is 22.8. The summed E-state index contributed by atoms with van der Waals surface area (Å²) in [5, 5.41) is 2.41. The van der Waals surface area contributed by atoms with E-state index in [2.05, 4.69) is 322 Å². The number of hydrogen-bond acceptors (Lipinski definition) is 4. The van der Waals surface area contributed by atoms with Crippen molar-refractivity contribution in [2.75, 3.05) is 9.80 Å². The van der Waals surface area contributed by atoms with Crippen molar-refractivity contribution in [3.05, 3.63) is 441 Å². The summed E-state index contributed by atoms with van der Waals surface area (Å²) < 4.78 is 4.45. The molecule has 0 N–H and O–H groups in total. The third-order valence-electron chi connectivity index (χ3n) is 23.3. The van der Waals surface area contributed by atoms with E-state index in [1.54, 1.807) is 0 Å². The Morgan fingerprint density at radius 2 is 0.519 bits per heavy atom. The van der Waals surface area contributed by atoms with Gasteiger partial charge in [-0.3, -0.25) is 9.59 Å². The smallest absolute Gasteiger partial charge is 0.197 e. The van der Waals surface area contributed by atoms with Gasteiger partial charge in [0.1, 0.15) is 0 Å². The fraction of sp³-hybridized carbons (Fsp3) is 0.0200. The fourth-order valence-corrected chi connectivity index (χ4v) is 19.2. The Hall–Kier alpha value is -13.9. The monoisotopic (exact) mass is 1350 g/mol. The number of rotatable bonds is 7. The van der Waals surface area contributed by atoms with Crippen molar-refractivity contribution in [2.24, 2.45) is 0 Å². The molecule has 4 heterocycles. The van der Waals surface area contributed by atoms with Crippen molar-refractivity contribution in [1.82, 2.24) is 9.13 Å². The first kappa shape index (κ1) is 59.7. The van der Waals surface area contributed by atoms with Gasteiger partial charge in [-0.05, 0) is 209 Å². The normalized spacial score (nSPS) is 13.7. The van der Waals surface area contributed by atoms with Crippen molar-refractivity contribution in [3.8, 4) is 67.0 Å². The van der Waals surface area contributed by atoms with E-state index in [0.29, 0.717) is 21.5 Å². The lowest BCUT2D eigenvalue weighted by atomic mass is 9.64. The third-order valence-corrected chi connectivity index (χ3v) is 23.3. The van der Waals surface area contributed by atoms with Gasteiger partial charge >= 0.3 is 0 Å². The summed E-state index contributed by atoms with van der Waals surface area (Å²) >= 11 is 0. The van der Waals surface area contributed by atoms with Crippen LogP contribution in [0, 0.1) is 0 Å². The van der Waals surface area contributed by atoms with Crippen LogP contribution in [0.2, 0.25) is 0 Å². The summed E-state index contributed by atoms with van der Waals surface area (Å²) in [5.41, 5.74) is 29.5. The van der Waals surface area contributed by atoms with E-state index < -0.39 is 10.8 Å². The number of anilines is 6. The van der Waals surface area contributed by atoms with Crippen LogP contribution in [-0.2, 0) is 10.8 Å². The number of pyridine rings is 2. The minimum absolute atomic E-state index is 0.0550. The summed E-state index contributed by atoms with van der Waals surface area (Å²) in [6, 6.07) is 135. The highest BCUT2D eigenvalue weighted by Crippen LogP contribution is 2.66. The molecule has 22 rings (SSSR count). The van der Waals surface area contributed by atoms with Gasteiger partial charge in [0.15, 0.2) is 10.9 Å². The van der Waals surface area contributed by atoms with E-state index in [0.717, 1.165) is 101 Å². The van der Waals surface area contributed by atoms with Crippen LogP contribution in [0.5, 0.6) is 0 Å². The summed E-state index contributed by atoms with van der Waals surface area (Å²) in [6.45, 7) is 0. The van der Waals surface area contributed by atoms with E-state index in [-0.39, 0.29) is 10.9 Å². The van der Waals surface area contributed by atoms with Crippen molar-refractivity contribution in [3.63, 3.8) is 0 Å². The number of nitrogens with zero attached hydrogens (tertiary/aromatic N) is 4. The van der Waals surface area contributed by atoms with E-state index in [1.165, 1.54) is 66.8 Å². The molecule has 494 valence electrons. The summed E-state index contributed by atoms with van der Waals surface area (Å²) in [7, 11) is 0. The van der Waals surface area contributed by atoms with Crippen LogP contribution in [0.25, 0.3) is 111 Å². The molecular weight excluding hydrogens is 1290 g/mol. The first-order valence-electron chi connectivity index (χ1n) is 36.4. The molecule has 106 heavy (non-hydrogen) atoms. The lowest BCUT2D eigenvalue weighted by Gasteiger charge is -2.46. The molecule has 0 unspecified atom stereocenters. The highest BCUT2D eigenvalue weighted by atomic mass is 16.1. The van der Waals surface area contributed by atoms with Gasteiger partial charge in [-0.2, -0.15) is 0 Å². The Morgan fingerprint density at radius 1 is 0.198 bits per heavy atom. The SMILES string of the molecule is O=c1c2ccccc2n(-c2ccccc2)c2cccc(-c3ccc(-c4cc(N5c6ccccc6C6(c7ccccc7-c7ccccc76)c6ccccc65)cc(N5c6ccccc6C6(c7ccccc7-c7ccccc76)c6ccccc65)c4)c(-c4cccc5c4c(=O)c4ccccc4n5-c4ccccc4)c3)c12. The fourth-order valence-electron chi connectivity index (χ4n) is 19.2. The van der Waals surface area contributed by atoms with Gasteiger partial charge in [-0.15, -0.1) is 0 Å². The first-order chi connectivity index (χ1) is 52.5. The Labute approximate surface area is 611 Å². The van der Waals surface area contributed by atoms with Crippen molar-refractivity contribution < 1.29 is 0 Å². The van der Waals surface area contributed by atoms with E-state index in [1.807, 2.05) is 72.8 Å². The predicted molar refractivity (Wildman–Crippen MR) is 435 cm³/mol. The Balaban J connectivity index is 0.863. The molecule has 0 saturated heterocycles. The average Bonchev–Trinajstić information content (AvgIpc) is 1.59. The van der Waals surface area contributed by atoms with Gasteiger partial charge in [-0.25, -0.2) is 0 Å². The van der Waals surface area contributed by atoms with Crippen LogP contribution in [0.4, 0.5) is 34.1 Å². The van der Waals surface area contributed by atoms with E-state index >= 15 is 9.59 Å². The molecular formula is C100H62N4O2. The molecule has 18 aromatic rings. The van der Waals surface area contributed by atoms with Crippen LogP contribution in [0.15, 0.2) is 386 Å². The molecule has 4 aliphatic rings. The highest BCUT2D eigenvalue weighted by molar-refractivity contribution is 6.09. The average molecular weight is 1350 g/mol. The van der Waals surface area contributed by atoms with Crippen LogP contribution in [0.3, 0.4) is 0 Å². The molecule has 2 aliphatic carbocycles. The zero-order chi connectivity index (χ0) is 69.9. The lowest BCUT2D eigenvalue weighted by molar-refractivity contribution is 0.751. The molecule has 2 spiro atoms. The van der Waals surface area contributed by atoms with Crippen LogP contribution < -0.4 is 20.7 Å². The Morgan fingerprint density at radius 3 is 0.934 bits per heavy atom. The van der Waals surface area contributed by atoms with Gasteiger partial charge in [0.05, 0.1) is 66.4 Å². The number of fused-ring (bicyclic) bond motifs is 22. The van der Waals surface area contributed by atoms with Crippen molar-refractivity contribution >= 4 is 77.7 Å². The lowest BCUT2D eigenvalue weighted by Crippen LogP contribution is -2.36. The maximum absolute atomic E-state index is 16.2. The maximum atomic E-state index is 16.2. The maximum Gasteiger partial charge on any atom is 0.197 e. The molecule has 16 aromatic carbocycles. The highest BCUT2D eigenvalue weighted by Gasteiger charge is 2.54. The summed E-state index contributed by atoms with van der Waals surface area (Å²) in [5.74, 6) is 0. The topological polar surface area (TPSA) is 50.5 Å². The molecule has 6 heteroatoms. The van der Waals surface area contributed by atoms with E-state index in [4.69, 9.17) is 0 Å². The number of benzene rings is 16. The summed E-state index contributed by atoms with van der Waals surface area (Å²) in [4.78, 5) is 36.9. The minimum atomic E-state index is -0.656. The standard InChI is InChI=1S/C100H62N4O2/c105-97-76-37-11-21-49-87(76)101(65-29-3-1-4-30-65)93-55-27-39-70(95(93)97)63-57-58-69(78(61-63)75-40-28-56-94-96(75)98(106)77-38-12-22-50-88(77)102(94)66-31-5-2-6-32-66)64-59-67(103-89-51-23-17-45-83(89)99(84-46-18-24-52-90(84)103)79-41-13-7-33-71(79)72-34-8-14-42-80(72)99)62-68(60-64)104-91-53-25-19-47-85(91)100(86-48-20-26-54-92(86)104)81-43-15-9-35-73(81)74-36-10-16-44-82(74)100/h1-62H. The first-order valence-corrected chi connectivity index (χ1v) is 36.4. The molecule has 0 saturated carbocycles. The molecule has 2 aromatic heterocycles. The zero-order valence-corrected chi connectivity index (χ0v) is 57.4. The quantitative estimate of drug-likeness (QED) is 0.149. The largest absolute Gasteiger partial charge is 0.310 e. The van der Waals surface area contributed by atoms with E-state index in [9.17, 15) is 0 Å². The van der Waals surface area contributed by atoms with Crippen molar-refractivity contribution in [1.29, 1.82) is 0 Å². The van der Waals surface area contributed by atoms with Crippen molar-refractivity contribution in [2.45, 2.75) is 10.8 Å².